The number of aliphatic hydroxyl groups is 2. The highest BCUT2D eigenvalue weighted by molar-refractivity contribution is 7.09. The first-order valence-electron chi connectivity index (χ1n) is 5.76. The van der Waals surface area contributed by atoms with Gasteiger partial charge in [0.2, 0.25) is 0 Å². The normalized spacial score (nSPS) is 25.6. The Kier molecular flexibility index (Phi) is 4.76. The Morgan fingerprint density at radius 1 is 1.41 bits per heavy atom. The monoisotopic (exact) mass is 276 g/mol. The lowest BCUT2D eigenvalue weighted by Gasteiger charge is -2.13. The number of β-amino-alcohol motifs (C(OH)–C–C–N with tert-alkyl or cyclic N) is 2. The van der Waals surface area contributed by atoms with Gasteiger partial charge in [-0.3, -0.25) is 4.90 Å². The van der Waals surface area contributed by atoms with Crippen molar-refractivity contribution in [3.05, 3.63) is 16.1 Å². The van der Waals surface area contributed by atoms with E-state index in [-0.39, 0.29) is 0 Å². The molecular weight excluding hydrogens is 260 g/mol. The predicted octanol–water partition coefficient (Wildman–Crippen LogP) is 0.852. The molecule has 4 nitrogen and oxygen atoms in total. The van der Waals surface area contributed by atoms with E-state index < -0.39 is 12.2 Å². The summed E-state index contributed by atoms with van der Waals surface area (Å²) in [5, 5.41) is 21.9. The van der Waals surface area contributed by atoms with Crippen molar-refractivity contribution in [2.75, 3.05) is 19.6 Å². The van der Waals surface area contributed by atoms with E-state index in [2.05, 4.69) is 9.88 Å². The van der Waals surface area contributed by atoms with Gasteiger partial charge >= 0.3 is 0 Å². The van der Waals surface area contributed by atoms with Gasteiger partial charge < -0.3 is 10.2 Å². The van der Waals surface area contributed by atoms with Gasteiger partial charge in [0.15, 0.2) is 0 Å². The van der Waals surface area contributed by atoms with E-state index in [9.17, 15) is 10.2 Å². The van der Waals surface area contributed by atoms with Crippen LogP contribution in [-0.2, 0) is 12.3 Å². The van der Waals surface area contributed by atoms with Crippen LogP contribution in [0.1, 0.15) is 17.1 Å². The highest BCUT2D eigenvalue weighted by atomic mass is 35.5. The number of aromatic nitrogens is 1. The van der Waals surface area contributed by atoms with Crippen molar-refractivity contribution in [2.45, 2.75) is 30.9 Å². The molecule has 1 aliphatic rings. The minimum absolute atomic E-state index is 0.473. The molecule has 17 heavy (non-hydrogen) atoms. The van der Waals surface area contributed by atoms with E-state index in [0.29, 0.717) is 19.0 Å². The van der Waals surface area contributed by atoms with Crippen molar-refractivity contribution in [3.8, 4) is 0 Å². The second-order valence-corrected chi connectivity index (χ2v) is 5.57. The van der Waals surface area contributed by atoms with Gasteiger partial charge in [-0.25, -0.2) is 4.98 Å². The number of rotatable bonds is 5. The Balaban J connectivity index is 1.69. The number of thiazole rings is 1. The van der Waals surface area contributed by atoms with Crippen molar-refractivity contribution >= 4 is 22.9 Å². The lowest BCUT2D eigenvalue weighted by atomic mass is 10.3. The first-order chi connectivity index (χ1) is 8.19. The van der Waals surface area contributed by atoms with E-state index in [1.807, 2.05) is 5.38 Å². The molecule has 1 aromatic heterocycles. The van der Waals surface area contributed by atoms with Crippen LogP contribution in [0, 0.1) is 0 Å². The second-order valence-electron chi connectivity index (χ2n) is 4.36. The third-order valence-corrected chi connectivity index (χ3v) is 4.17. The van der Waals surface area contributed by atoms with Crippen LogP contribution in [0.2, 0.25) is 0 Å². The lowest BCUT2D eigenvalue weighted by molar-refractivity contribution is 0.0572. The molecule has 0 spiro atoms. The molecule has 96 valence electrons. The fraction of sp³-hybridized carbons (Fsp3) is 0.727. The number of likely N-dealkylation sites (tertiary alicyclic amines) is 1. The Morgan fingerprint density at radius 3 is 2.71 bits per heavy atom. The van der Waals surface area contributed by atoms with Gasteiger partial charge in [-0.1, -0.05) is 0 Å². The van der Waals surface area contributed by atoms with E-state index in [1.165, 1.54) is 0 Å². The fourth-order valence-corrected chi connectivity index (χ4v) is 3.08. The molecular formula is C11H17ClN2O2S. The molecule has 0 saturated carbocycles. The van der Waals surface area contributed by atoms with Crippen molar-refractivity contribution in [2.24, 2.45) is 0 Å². The topological polar surface area (TPSA) is 56.6 Å². The predicted molar refractivity (Wildman–Crippen MR) is 68.4 cm³/mol. The maximum absolute atomic E-state index is 9.40. The summed E-state index contributed by atoms with van der Waals surface area (Å²) in [5.74, 6) is 0.473. The number of hydrogen-bond acceptors (Lipinski definition) is 5. The summed E-state index contributed by atoms with van der Waals surface area (Å²) in [6.07, 6.45) is 0.759. The average Bonchev–Trinajstić information content (AvgIpc) is 2.87. The molecule has 2 rings (SSSR count). The minimum Gasteiger partial charge on any atom is -0.389 e. The molecule has 2 N–H and O–H groups in total. The van der Waals surface area contributed by atoms with E-state index >= 15 is 0 Å². The number of halogens is 1. The average molecular weight is 277 g/mol. The smallest absolute Gasteiger partial charge is 0.0938 e. The highest BCUT2D eigenvalue weighted by Crippen LogP contribution is 2.15. The molecule has 2 heterocycles. The van der Waals surface area contributed by atoms with Gasteiger partial charge in [-0.2, -0.15) is 0 Å². The van der Waals surface area contributed by atoms with E-state index in [1.54, 1.807) is 11.3 Å². The van der Waals surface area contributed by atoms with Crippen molar-refractivity contribution in [3.63, 3.8) is 0 Å². The minimum atomic E-state index is -0.585. The zero-order valence-corrected chi connectivity index (χ0v) is 11.1. The molecule has 0 aromatic carbocycles. The van der Waals surface area contributed by atoms with Crippen LogP contribution in [0.25, 0.3) is 0 Å². The molecule has 2 unspecified atom stereocenters. The Bertz CT molecular complexity index is 351. The summed E-state index contributed by atoms with van der Waals surface area (Å²) >= 11 is 7.34. The SMILES string of the molecule is OC1CN(CCCc2nc(CCl)cs2)CC1O. The van der Waals surface area contributed by atoms with Crippen LogP contribution >= 0.6 is 22.9 Å². The van der Waals surface area contributed by atoms with Crippen molar-refractivity contribution in [1.82, 2.24) is 9.88 Å². The molecule has 0 amide bonds. The van der Waals surface area contributed by atoms with Crippen LogP contribution < -0.4 is 0 Å². The summed E-state index contributed by atoms with van der Waals surface area (Å²) in [5.41, 5.74) is 0.943. The number of nitrogens with zero attached hydrogens (tertiary/aromatic N) is 2. The molecule has 0 radical (unpaired) electrons. The maximum atomic E-state index is 9.40. The molecule has 0 aliphatic carbocycles. The number of hydrogen-bond donors (Lipinski definition) is 2. The number of aryl methyl sites for hydroxylation is 1. The summed E-state index contributed by atoms with van der Waals surface area (Å²) in [4.78, 5) is 6.48. The molecule has 1 aliphatic heterocycles. The molecule has 0 bridgehead atoms. The first-order valence-corrected chi connectivity index (χ1v) is 7.18. The van der Waals surface area contributed by atoms with Crippen LogP contribution in [0.5, 0.6) is 0 Å². The third-order valence-electron chi connectivity index (χ3n) is 2.94. The van der Waals surface area contributed by atoms with E-state index in [0.717, 1.165) is 30.1 Å². The van der Waals surface area contributed by atoms with Crippen LogP contribution in [-0.4, -0.2) is 51.9 Å². The number of aliphatic hydroxyl groups excluding tert-OH is 2. The van der Waals surface area contributed by atoms with Gasteiger partial charge in [0.25, 0.3) is 0 Å². The fourth-order valence-electron chi connectivity index (χ4n) is 2.01. The highest BCUT2D eigenvalue weighted by Gasteiger charge is 2.28. The largest absolute Gasteiger partial charge is 0.389 e. The van der Waals surface area contributed by atoms with Gasteiger partial charge in [-0.15, -0.1) is 22.9 Å². The second kappa shape index (κ2) is 6.11. The molecule has 6 heteroatoms. The summed E-state index contributed by atoms with van der Waals surface area (Å²) in [6, 6.07) is 0. The zero-order valence-electron chi connectivity index (χ0n) is 9.55. The zero-order chi connectivity index (χ0) is 12.3. The van der Waals surface area contributed by atoms with Gasteiger partial charge in [-0.05, 0) is 13.0 Å². The quantitative estimate of drug-likeness (QED) is 0.783. The maximum Gasteiger partial charge on any atom is 0.0938 e. The van der Waals surface area contributed by atoms with Crippen molar-refractivity contribution in [1.29, 1.82) is 0 Å². The summed E-state index contributed by atoms with van der Waals surface area (Å²) in [6.45, 7) is 2.04. The van der Waals surface area contributed by atoms with Gasteiger partial charge in [0.1, 0.15) is 0 Å². The van der Waals surface area contributed by atoms with Gasteiger partial charge in [0, 0.05) is 24.9 Å². The molecule has 2 atom stereocenters. The van der Waals surface area contributed by atoms with Crippen LogP contribution in [0.3, 0.4) is 0 Å². The molecule has 1 aromatic rings. The first kappa shape index (κ1) is 13.2. The number of alkyl halides is 1. The van der Waals surface area contributed by atoms with Gasteiger partial charge in [0.05, 0.1) is 28.8 Å². The van der Waals surface area contributed by atoms with Crippen LogP contribution in [0.4, 0.5) is 0 Å². The van der Waals surface area contributed by atoms with Crippen molar-refractivity contribution < 1.29 is 10.2 Å². The molecule has 1 saturated heterocycles. The molecule has 1 fully saturated rings. The standard InChI is InChI=1S/C11H17ClN2O2S/c12-4-8-7-17-11(13-8)2-1-3-14-5-9(15)10(16)6-14/h7,9-10,15-16H,1-6H2. The van der Waals surface area contributed by atoms with E-state index in [4.69, 9.17) is 11.6 Å². The Hall–Kier alpha value is -0.200. The Morgan fingerprint density at radius 2 is 2.12 bits per heavy atom. The summed E-state index contributed by atoms with van der Waals surface area (Å²) in [7, 11) is 0. The summed E-state index contributed by atoms with van der Waals surface area (Å²) < 4.78 is 0. The third kappa shape index (κ3) is 3.63. The lowest BCUT2D eigenvalue weighted by Crippen LogP contribution is -2.23. The van der Waals surface area contributed by atoms with Crippen LogP contribution in [0.15, 0.2) is 5.38 Å². The Labute approximate surface area is 110 Å².